The van der Waals surface area contributed by atoms with Crippen LogP contribution in [0, 0.1) is 6.92 Å². The van der Waals surface area contributed by atoms with Gasteiger partial charge in [0, 0.05) is 31.4 Å². The second-order valence-electron chi connectivity index (χ2n) is 6.19. The van der Waals surface area contributed by atoms with E-state index in [9.17, 15) is 8.42 Å². The third-order valence-electron chi connectivity index (χ3n) is 4.58. The van der Waals surface area contributed by atoms with Crippen LogP contribution >= 0.6 is 0 Å². The van der Waals surface area contributed by atoms with Gasteiger partial charge in [-0.15, -0.1) is 0 Å². The Morgan fingerprint density at radius 1 is 1.20 bits per heavy atom. The number of nitrogens with zero attached hydrogens (tertiary/aromatic N) is 3. The van der Waals surface area contributed by atoms with Gasteiger partial charge in [-0.1, -0.05) is 0 Å². The van der Waals surface area contributed by atoms with Crippen molar-refractivity contribution in [2.45, 2.75) is 30.7 Å². The normalized spacial score (nSPS) is 18.5. The van der Waals surface area contributed by atoms with Crippen molar-refractivity contribution in [2.75, 3.05) is 20.8 Å². The van der Waals surface area contributed by atoms with Gasteiger partial charge in [0.1, 0.15) is 0 Å². The lowest BCUT2D eigenvalue weighted by atomic mass is 10.1. The minimum Gasteiger partial charge on any atom is -0.493 e. The van der Waals surface area contributed by atoms with E-state index in [4.69, 9.17) is 9.47 Å². The lowest BCUT2D eigenvalue weighted by Crippen LogP contribution is -2.31. The SMILES string of the molecule is COc1cc(C)c(S(=O)(=O)N2CCCC2c2cnn(C)c2)cc1OC. The highest BCUT2D eigenvalue weighted by molar-refractivity contribution is 7.89. The van der Waals surface area contributed by atoms with E-state index in [1.54, 1.807) is 34.2 Å². The van der Waals surface area contributed by atoms with Crippen molar-refractivity contribution in [2.24, 2.45) is 7.05 Å². The zero-order valence-corrected chi connectivity index (χ0v) is 15.7. The fourth-order valence-electron chi connectivity index (χ4n) is 3.34. The second-order valence-corrected chi connectivity index (χ2v) is 8.05. The molecule has 0 amide bonds. The summed E-state index contributed by atoms with van der Waals surface area (Å²) in [4.78, 5) is 0.251. The number of hydrogen-bond donors (Lipinski definition) is 0. The molecule has 1 fully saturated rings. The molecule has 0 bridgehead atoms. The average molecular weight is 365 g/mol. The van der Waals surface area contributed by atoms with Gasteiger partial charge < -0.3 is 9.47 Å². The molecule has 2 heterocycles. The molecule has 1 unspecified atom stereocenters. The Balaban J connectivity index is 2.04. The van der Waals surface area contributed by atoms with Gasteiger partial charge in [-0.2, -0.15) is 9.40 Å². The summed E-state index contributed by atoms with van der Waals surface area (Å²) in [6.07, 6.45) is 5.22. The predicted molar refractivity (Wildman–Crippen MR) is 93.4 cm³/mol. The molecule has 0 radical (unpaired) electrons. The highest BCUT2D eigenvalue weighted by atomic mass is 32.2. The summed E-state index contributed by atoms with van der Waals surface area (Å²) in [5.41, 5.74) is 1.55. The topological polar surface area (TPSA) is 73.7 Å². The Bertz CT molecular complexity index is 876. The molecule has 2 aromatic rings. The van der Waals surface area contributed by atoms with Crippen molar-refractivity contribution in [1.82, 2.24) is 14.1 Å². The van der Waals surface area contributed by atoms with Crippen LogP contribution in [0.2, 0.25) is 0 Å². The monoisotopic (exact) mass is 365 g/mol. The minimum atomic E-state index is -3.65. The number of rotatable bonds is 5. The molecular formula is C17H23N3O4S. The first-order valence-corrected chi connectivity index (χ1v) is 9.55. The molecule has 136 valence electrons. The number of sulfonamides is 1. The Morgan fingerprint density at radius 3 is 2.48 bits per heavy atom. The first kappa shape index (κ1) is 17.8. The standard InChI is InChI=1S/C17H23N3O4S/c1-12-8-15(23-3)16(24-4)9-17(12)25(21,22)20-7-5-6-14(20)13-10-18-19(2)11-13/h8-11,14H,5-7H2,1-4H3. The lowest BCUT2D eigenvalue weighted by Gasteiger charge is -2.24. The Morgan fingerprint density at radius 2 is 1.88 bits per heavy atom. The van der Waals surface area contributed by atoms with Crippen LogP contribution in [-0.2, 0) is 17.1 Å². The smallest absolute Gasteiger partial charge is 0.244 e. The first-order valence-electron chi connectivity index (χ1n) is 8.11. The number of hydrogen-bond acceptors (Lipinski definition) is 5. The van der Waals surface area contributed by atoms with Gasteiger partial charge in [0.25, 0.3) is 0 Å². The van der Waals surface area contributed by atoms with E-state index < -0.39 is 10.0 Å². The van der Waals surface area contributed by atoms with E-state index in [2.05, 4.69) is 5.10 Å². The molecule has 25 heavy (non-hydrogen) atoms. The zero-order valence-electron chi connectivity index (χ0n) is 14.9. The molecule has 1 atom stereocenters. The van der Waals surface area contributed by atoms with Crippen LogP contribution in [0.1, 0.15) is 30.0 Å². The molecule has 0 spiro atoms. The summed E-state index contributed by atoms with van der Waals surface area (Å²) in [7, 11) is 1.20. The molecule has 0 N–H and O–H groups in total. The van der Waals surface area contributed by atoms with Gasteiger partial charge in [-0.25, -0.2) is 8.42 Å². The molecule has 8 heteroatoms. The Hall–Kier alpha value is -2.06. The van der Waals surface area contributed by atoms with E-state index in [0.717, 1.165) is 18.4 Å². The third kappa shape index (κ3) is 3.11. The zero-order chi connectivity index (χ0) is 18.2. The van der Waals surface area contributed by atoms with Gasteiger partial charge in [0.05, 0.1) is 31.4 Å². The lowest BCUT2D eigenvalue weighted by molar-refractivity contribution is 0.352. The largest absolute Gasteiger partial charge is 0.493 e. The molecule has 7 nitrogen and oxygen atoms in total. The second kappa shape index (κ2) is 6.68. The first-order chi connectivity index (χ1) is 11.9. The van der Waals surface area contributed by atoms with E-state index in [1.807, 2.05) is 13.2 Å². The van der Waals surface area contributed by atoms with Crippen LogP contribution in [0.5, 0.6) is 11.5 Å². The molecular weight excluding hydrogens is 342 g/mol. The number of aryl methyl sites for hydroxylation is 2. The highest BCUT2D eigenvalue weighted by Crippen LogP contribution is 2.39. The Labute approximate surface area is 148 Å². The maximum atomic E-state index is 13.3. The molecule has 1 aliphatic rings. The van der Waals surface area contributed by atoms with E-state index in [0.29, 0.717) is 23.6 Å². The van der Waals surface area contributed by atoms with Crippen molar-refractivity contribution < 1.29 is 17.9 Å². The quantitative estimate of drug-likeness (QED) is 0.813. The number of aromatic nitrogens is 2. The van der Waals surface area contributed by atoms with Crippen molar-refractivity contribution in [1.29, 1.82) is 0 Å². The summed E-state index contributed by atoms with van der Waals surface area (Å²) in [5.74, 6) is 0.924. The summed E-state index contributed by atoms with van der Waals surface area (Å²) < 4.78 is 40.4. The maximum Gasteiger partial charge on any atom is 0.244 e. The number of ether oxygens (including phenoxy) is 2. The van der Waals surface area contributed by atoms with E-state index in [-0.39, 0.29) is 10.9 Å². The van der Waals surface area contributed by atoms with Crippen LogP contribution in [0.25, 0.3) is 0 Å². The third-order valence-corrected chi connectivity index (χ3v) is 6.63. The van der Waals surface area contributed by atoms with Gasteiger partial charge in [-0.3, -0.25) is 4.68 Å². The van der Waals surface area contributed by atoms with Crippen molar-refractivity contribution in [3.05, 3.63) is 35.7 Å². The van der Waals surface area contributed by atoms with Crippen LogP contribution in [0.4, 0.5) is 0 Å². The summed E-state index contributed by atoms with van der Waals surface area (Å²) in [5, 5.41) is 4.18. The van der Waals surface area contributed by atoms with Crippen LogP contribution in [0.3, 0.4) is 0 Å². The van der Waals surface area contributed by atoms with Gasteiger partial charge in [-0.05, 0) is 31.4 Å². The maximum absolute atomic E-state index is 13.3. The fraction of sp³-hybridized carbons (Fsp3) is 0.471. The Kier molecular flexibility index (Phi) is 4.75. The molecule has 3 rings (SSSR count). The molecule has 1 saturated heterocycles. The number of methoxy groups -OCH3 is 2. The summed E-state index contributed by atoms with van der Waals surface area (Å²) in [6.45, 7) is 2.26. The van der Waals surface area contributed by atoms with Crippen molar-refractivity contribution in [3.63, 3.8) is 0 Å². The summed E-state index contributed by atoms with van der Waals surface area (Å²) in [6, 6.07) is 3.05. The van der Waals surface area contributed by atoms with E-state index >= 15 is 0 Å². The number of benzene rings is 1. The minimum absolute atomic E-state index is 0.189. The van der Waals surface area contributed by atoms with Gasteiger partial charge in [0.2, 0.25) is 10.0 Å². The molecule has 1 aromatic carbocycles. The van der Waals surface area contributed by atoms with Crippen LogP contribution < -0.4 is 9.47 Å². The van der Waals surface area contributed by atoms with Crippen molar-refractivity contribution >= 4 is 10.0 Å². The fourth-order valence-corrected chi connectivity index (χ4v) is 5.25. The van der Waals surface area contributed by atoms with Gasteiger partial charge in [0.15, 0.2) is 11.5 Å². The average Bonchev–Trinajstić information content (AvgIpc) is 3.23. The van der Waals surface area contributed by atoms with Crippen LogP contribution in [0.15, 0.2) is 29.4 Å². The predicted octanol–water partition coefficient (Wildman–Crippen LogP) is 2.27. The summed E-state index contributed by atoms with van der Waals surface area (Å²) >= 11 is 0. The molecule has 1 aliphatic heterocycles. The van der Waals surface area contributed by atoms with Gasteiger partial charge >= 0.3 is 0 Å². The van der Waals surface area contributed by atoms with Crippen LogP contribution in [-0.4, -0.2) is 43.3 Å². The van der Waals surface area contributed by atoms with E-state index in [1.165, 1.54) is 14.2 Å². The van der Waals surface area contributed by atoms with Crippen molar-refractivity contribution in [3.8, 4) is 11.5 Å². The molecule has 1 aromatic heterocycles. The molecule has 0 aliphatic carbocycles. The highest BCUT2D eigenvalue weighted by Gasteiger charge is 2.38. The molecule has 0 saturated carbocycles.